The lowest BCUT2D eigenvalue weighted by molar-refractivity contribution is -0.143. The highest BCUT2D eigenvalue weighted by molar-refractivity contribution is 6.07. The summed E-state index contributed by atoms with van der Waals surface area (Å²) < 4.78 is 11.0. The summed E-state index contributed by atoms with van der Waals surface area (Å²) in [6.45, 7) is 3.68. The molecule has 0 radical (unpaired) electrons. The molecule has 5 rings (SSSR count). The minimum atomic E-state index is -0.862. The molecule has 1 aliphatic carbocycles. The van der Waals surface area contributed by atoms with Gasteiger partial charge in [-0.2, -0.15) is 0 Å². The molecule has 1 atom stereocenters. The van der Waals surface area contributed by atoms with Crippen LogP contribution in [0.15, 0.2) is 54.6 Å². The zero-order valence-corrected chi connectivity index (χ0v) is 18.6. The second-order valence-electron chi connectivity index (χ2n) is 8.40. The summed E-state index contributed by atoms with van der Waals surface area (Å²) in [5.74, 6) is -0.661. The van der Waals surface area contributed by atoms with E-state index in [-0.39, 0.29) is 5.91 Å². The van der Waals surface area contributed by atoms with Crippen molar-refractivity contribution in [3.63, 3.8) is 0 Å². The van der Waals surface area contributed by atoms with Gasteiger partial charge in [0.05, 0.1) is 30.0 Å². The van der Waals surface area contributed by atoms with Crippen LogP contribution in [0, 0.1) is 0 Å². The molecule has 0 spiro atoms. The van der Waals surface area contributed by atoms with E-state index in [1.54, 1.807) is 11.8 Å². The molecule has 1 saturated heterocycles. The molecule has 2 aliphatic rings. The molecule has 168 valence electrons. The first-order valence-corrected chi connectivity index (χ1v) is 11.4. The second kappa shape index (κ2) is 9.16. The van der Waals surface area contributed by atoms with E-state index in [1.807, 2.05) is 42.5 Å². The van der Waals surface area contributed by atoms with Crippen molar-refractivity contribution in [2.45, 2.75) is 25.9 Å². The fourth-order valence-corrected chi connectivity index (χ4v) is 4.57. The first-order chi connectivity index (χ1) is 16.1. The molecule has 1 aromatic heterocycles. The van der Waals surface area contributed by atoms with Crippen molar-refractivity contribution >= 4 is 34.4 Å². The number of pyridine rings is 1. The Balaban J connectivity index is 1.50. The number of amides is 1. The van der Waals surface area contributed by atoms with Crippen LogP contribution < -0.4 is 0 Å². The molecule has 6 nitrogen and oxygen atoms in total. The zero-order valence-electron chi connectivity index (χ0n) is 18.6. The number of hydrogen-bond acceptors (Lipinski definition) is 5. The van der Waals surface area contributed by atoms with Gasteiger partial charge in [-0.1, -0.05) is 48.5 Å². The van der Waals surface area contributed by atoms with Gasteiger partial charge in [-0.3, -0.25) is 4.79 Å². The summed E-state index contributed by atoms with van der Waals surface area (Å²) in [4.78, 5) is 32.8. The maximum absolute atomic E-state index is 13.4. The van der Waals surface area contributed by atoms with Crippen LogP contribution >= 0.6 is 0 Å². The lowest BCUT2D eigenvalue weighted by atomic mass is 10.0. The van der Waals surface area contributed by atoms with Crippen LogP contribution in [0.2, 0.25) is 0 Å². The van der Waals surface area contributed by atoms with E-state index in [0.29, 0.717) is 38.3 Å². The molecule has 0 N–H and O–H groups in total. The molecule has 1 aliphatic heterocycles. The SMILES string of the molecule is CC(OC(=O)c1c2c(nc3ccccc13)/C(=C/c1ccccc1)CC2)C(=O)N1CCOCC1. The molecular formula is C27H26N2O4. The summed E-state index contributed by atoms with van der Waals surface area (Å²) in [6, 6.07) is 17.7. The average molecular weight is 443 g/mol. The topological polar surface area (TPSA) is 68.7 Å². The summed E-state index contributed by atoms with van der Waals surface area (Å²) in [5.41, 5.74) is 5.21. The average Bonchev–Trinajstić information content (AvgIpc) is 3.24. The van der Waals surface area contributed by atoms with Gasteiger partial charge in [0.1, 0.15) is 0 Å². The monoisotopic (exact) mass is 442 g/mol. The number of para-hydroxylation sites is 1. The van der Waals surface area contributed by atoms with Crippen molar-refractivity contribution in [2.75, 3.05) is 26.3 Å². The van der Waals surface area contributed by atoms with Gasteiger partial charge < -0.3 is 14.4 Å². The summed E-state index contributed by atoms with van der Waals surface area (Å²) >= 11 is 0. The third kappa shape index (κ3) is 4.26. The number of hydrogen-bond donors (Lipinski definition) is 0. The summed E-state index contributed by atoms with van der Waals surface area (Å²) in [6.07, 6.45) is 2.78. The van der Waals surface area contributed by atoms with Gasteiger partial charge >= 0.3 is 5.97 Å². The second-order valence-corrected chi connectivity index (χ2v) is 8.40. The Morgan fingerprint density at radius 2 is 1.76 bits per heavy atom. The van der Waals surface area contributed by atoms with Gasteiger partial charge in [0.15, 0.2) is 6.10 Å². The van der Waals surface area contributed by atoms with Gasteiger partial charge in [-0.15, -0.1) is 0 Å². The first kappa shape index (κ1) is 21.3. The fourth-order valence-electron chi connectivity index (χ4n) is 4.57. The van der Waals surface area contributed by atoms with E-state index in [2.05, 4.69) is 18.2 Å². The quantitative estimate of drug-likeness (QED) is 0.569. The van der Waals surface area contributed by atoms with Gasteiger partial charge in [-0.05, 0) is 48.6 Å². The van der Waals surface area contributed by atoms with Gasteiger partial charge in [0.2, 0.25) is 0 Å². The Morgan fingerprint density at radius 1 is 1.03 bits per heavy atom. The highest BCUT2D eigenvalue weighted by atomic mass is 16.5. The molecule has 6 heteroatoms. The van der Waals surface area contributed by atoms with E-state index in [9.17, 15) is 9.59 Å². The number of morpholine rings is 1. The number of ether oxygens (including phenoxy) is 2. The fraction of sp³-hybridized carbons (Fsp3) is 0.296. The van der Waals surface area contributed by atoms with E-state index >= 15 is 0 Å². The van der Waals surface area contributed by atoms with E-state index in [4.69, 9.17) is 14.5 Å². The minimum Gasteiger partial charge on any atom is -0.449 e. The number of fused-ring (bicyclic) bond motifs is 2. The number of carbonyl (C=O) groups is 2. The van der Waals surface area contributed by atoms with Crippen LogP contribution in [0.25, 0.3) is 22.6 Å². The van der Waals surface area contributed by atoms with Gasteiger partial charge in [-0.25, -0.2) is 9.78 Å². The maximum Gasteiger partial charge on any atom is 0.339 e. The summed E-state index contributed by atoms with van der Waals surface area (Å²) in [5, 5.41) is 0.758. The van der Waals surface area contributed by atoms with E-state index in [1.165, 1.54) is 0 Å². The summed E-state index contributed by atoms with van der Waals surface area (Å²) in [7, 11) is 0. The molecule has 2 heterocycles. The Morgan fingerprint density at radius 3 is 2.55 bits per heavy atom. The van der Waals surface area contributed by atoms with E-state index < -0.39 is 12.1 Å². The minimum absolute atomic E-state index is 0.189. The van der Waals surface area contributed by atoms with Crippen molar-refractivity contribution in [3.8, 4) is 0 Å². The smallest absolute Gasteiger partial charge is 0.339 e. The molecule has 33 heavy (non-hydrogen) atoms. The van der Waals surface area contributed by atoms with Crippen LogP contribution in [0.1, 0.15) is 40.5 Å². The third-order valence-corrected chi connectivity index (χ3v) is 6.24. The molecular weight excluding hydrogens is 416 g/mol. The first-order valence-electron chi connectivity index (χ1n) is 11.4. The van der Waals surface area contributed by atoms with Gasteiger partial charge in [0, 0.05) is 18.5 Å². The molecule has 0 saturated carbocycles. The lowest BCUT2D eigenvalue weighted by Crippen LogP contribution is -2.46. The predicted molar refractivity (Wildman–Crippen MR) is 127 cm³/mol. The number of allylic oxidation sites excluding steroid dienone is 1. The Kier molecular flexibility index (Phi) is 5.92. The Hall–Kier alpha value is -3.51. The Bertz CT molecular complexity index is 1230. The van der Waals surface area contributed by atoms with Crippen LogP contribution in [0.3, 0.4) is 0 Å². The zero-order chi connectivity index (χ0) is 22.8. The highest BCUT2D eigenvalue weighted by Gasteiger charge is 2.31. The highest BCUT2D eigenvalue weighted by Crippen LogP contribution is 2.38. The number of rotatable bonds is 4. The molecule has 1 unspecified atom stereocenters. The van der Waals surface area contributed by atoms with Crippen molar-refractivity contribution in [3.05, 3.63) is 77.0 Å². The molecule has 1 amide bonds. The van der Waals surface area contributed by atoms with Crippen molar-refractivity contribution in [2.24, 2.45) is 0 Å². The molecule has 3 aromatic rings. The molecule has 2 aromatic carbocycles. The standard InChI is InChI=1S/C27H26N2O4/c1-18(26(30)29-13-15-32-16-14-29)33-27(31)24-21-9-5-6-10-23(21)28-25-20(11-12-22(24)25)17-19-7-3-2-4-8-19/h2-10,17-18H,11-16H2,1H3/b20-17+. The van der Waals surface area contributed by atoms with Crippen molar-refractivity contribution < 1.29 is 19.1 Å². The number of benzene rings is 2. The largest absolute Gasteiger partial charge is 0.449 e. The normalized spacial score (nSPS) is 17.7. The maximum atomic E-state index is 13.4. The van der Waals surface area contributed by atoms with Crippen LogP contribution in [0.4, 0.5) is 0 Å². The van der Waals surface area contributed by atoms with Crippen LogP contribution in [0.5, 0.6) is 0 Å². The molecule has 1 fully saturated rings. The van der Waals surface area contributed by atoms with Crippen LogP contribution in [-0.4, -0.2) is 54.2 Å². The van der Waals surface area contributed by atoms with Crippen molar-refractivity contribution in [1.29, 1.82) is 0 Å². The number of nitrogens with zero attached hydrogens (tertiary/aromatic N) is 2. The number of carbonyl (C=O) groups excluding carboxylic acids is 2. The number of esters is 1. The van der Waals surface area contributed by atoms with Crippen molar-refractivity contribution in [1.82, 2.24) is 9.88 Å². The van der Waals surface area contributed by atoms with Crippen LogP contribution in [-0.2, 0) is 20.7 Å². The number of aromatic nitrogens is 1. The third-order valence-electron chi connectivity index (χ3n) is 6.24. The predicted octanol–water partition coefficient (Wildman–Crippen LogP) is 4.13. The van der Waals surface area contributed by atoms with E-state index in [0.717, 1.165) is 39.7 Å². The Labute approximate surface area is 192 Å². The lowest BCUT2D eigenvalue weighted by Gasteiger charge is -2.29. The molecule has 0 bridgehead atoms. The van der Waals surface area contributed by atoms with Gasteiger partial charge in [0.25, 0.3) is 5.91 Å².